The molecule has 2 aromatic carbocycles. The average molecular weight is 448 g/mol. The Morgan fingerprint density at radius 2 is 1.76 bits per heavy atom. The van der Waals surface area contributed by atoms with Crippen molar-refractivity contribution in [3.05, 3.63) is 83.4 Å². The summed E-state index contributed by atoms with van der Waals surface area (Å²) in [5.41, 5.74) is 5.00. The Morgan fingerprint density at radius 3 is 2.45 bits per heavy atom. The van der Waals surface area contributed by atoms with Crippen molar-refractivity contribution < 1.29 is 19.1 Å². The maximum Gasteiger partial charge on any atom is 0.306 e. The number of ether oxygens (including phenoxy) is 1. The predicted molar refractivity (Wildman–Crippen MR) is 126 cm³/mol. The van der Waals surface area contributed by atoms with E-state index in [0.29, 0.717) is 32.2 Å². The maximum atomic E-state index is 13.1. The first kappa shape index (κ1) is 23.9. The number of nitrogens with zero attached hydrogens (tertiary/aromatic N) is 2. The van der Waals surface area contributed by atoms with E-state index in [1.165, 1.54) is 6.92 Å². The Bertz CT molecular complexity index is 1000. The Kier molecular flexibility index (Phi) is 8.94. The number of rotatable bonds is 5. The molecule has 1 atom stereocenters. The van der Waals surface area contributed by atoms with E-state index < -0.39 is 6.10 Å². The summed E-state index contributed by atoms with van der Waals surface area (Å²) in [6, 6.07) is 17.1. The van der Waals surface area contributed by atoms with Gasteiger partial charge in [-0.2, -0.15) is 5.10 Å². The Balaban J connectivity index is 1.79. The summed E-state index contributed by atoms with van der Waals surface area (Å²) in [6.45, 7) is 2.07. The molecule has 7 nitrogen and oxygen atoms in total. The number of nitrogens with one attached hydrogen (secondary N) is 1. The lowest BCUT2D eigenvalue weighted by molar-refractivity contribution is -0.152. The zero-order chi connectivity index (χ0) is 23.5. The number of hydrogen-bond acceptors (Lipinski definition) is 5. The van der Waals surface area contributed by atoms with Crippen LogP contribution in [0.15, 0.2) is 71.9 Å². The molecular formula is C26H29N3O4. The van der Waals surface area contributed by atoms with Crippen molar-refractivity contribution >= 4 is 24.0 Å². The van der Waals surface area contributed by atoms with Gasteiger partial charge in [-0.1, -0.05) is 66.7 Å². The quantitative estimate of drug-likeness (QED) is 0.326. The van der Waals surface area contributed by atoms with Crippen molar-refractivity contribution in [2.24, 2.45) is 5.10 Å². The minimum atomic E-state index is -0.532. The molecule has 2 amide bonds. The zero-order valence-corrected chi connectivity index (χ0v) is 18.8. The molecule has 3 rings (SSSR count). The SMILES string of the molecule is CC(=O)N/N=C/c1ccc(CN2C[C@@H](c3ccccc3)OC(=O)CC/C=C/CCC2=O)cc1. The van der Waals surface area contributed by atoms with E-state index in [9.17, 15) is 14.4 Å². The van der Waals surface area contributed by atoms with Gasteiger partial charge in [-0.05, 0) is 29.5 Å². The van der Waals surface area contributed by atoms with Gasteiger partial charge < -0.3 is 9.64 Å². The normalized spacial score (nSPS) is 18.8. The van der Waals surface area contributed by atoms with E-state index in [4.69, 9.17) is 4.74 Å². The molecule has 0 bridgehead atoms. The van der Waals surface area contributed by atoms with Crippen LogP contribution in [0.1, 0.15) is 55.4 Å². The summed E-state index contributed by atoms with van der Waals surface area (Å²) in [5.74, 6) is -0.502. The molecule has 2 aromatic rings. The molecule has 1 aliphatic rings. The molecule has 0 fully saturated rings. The largest absolute Gasteiger partial charge is 0.456 e. The topological polar surface area (TPSA) is 88.1 Å². The van der Waals surface area contributed by atoms with Crippen molar-refractivity contribution in [3.63, 3.8) is 0 Å². The van der Waals surface area contributed by atoms with Gasteiger partial charge in [0, 0.05) is 26.3 Å². The minimum Gasteiger partial charge on any atom is -0.456 e. The predicted octanol–water partition coefficient (Wildman–Crippen LogP) is 3.90. The van der Waals surface area contributed by atoms with Gasteiger partial charge in [-0.25, -0.2) is 5.43 Å². The molecule has 0 saturated heterocycles. The van der Waals surface area contributed by atoms with Crippen LogP contribution in [0.2, 0.25) is 0 Å². The van der Waals surface area contributed by atoms with E-state index in [-0.39, 0.29) is 24.3 Å². The molecule has 0 saturated carbocycles. The lowest BCUT2D eigenvalue weighted by Crippen LogP contribution is -2.35. The zero-order valence-electron chi connectivity index (χ0n) is 18.8. The van der Waals surface area contributed by atoms with Gasteiger partial charge >= 0.3 is 5.97 Å². The molecular weight excluding hydrogens is 418 g/mol. The summed E-state index contributed by atoms with van der Waals surface area (Å²) < 4.78 is 5.79. The number of carbonyl (C=O) groups excluding carboxylic acids is 3. The first-order valence-electron chi connectivity index (χ1n) is 11.1. The third-order valence-corrected chi connectivity index (χ3v) is 5.18. The van der Waals surface area contributed by atoms with Gasteiger partial charge in [-0.15, -0.1) is 0 Å². The van der Waals surface area contributed by atoms with Gasteiger partial charge in [0.05, 0.1) is 12.8 Å². The van der Waals surface area contributed by atoms with E-state index in [1.54, 1.807) is 11.1 Å². The number of hydrogen-bond donors (Lipinski definition) is 1. The summed E-state index contributed by atoms with van der Waals surface area (Å²) in [5, 5.41) is 3.86. The third-order valence-electron chi connectivity index (χ3n) is 5.18. The van der Waals surface area contributed by atoms with Gasteiger partial charge in [0.25, 0.3) is 0 Å². The lowest BCUT2D eigenvalue weighted by Gasteiger charge is -2.28. The third kappa shape index (κ3) is 8.03. The molecule has 7 heteroatoms. The molecule has 1 N–H and O–H groups in total. The smallest absolute Gasteiger partial charge is 0.306 e. The first-order chi connectivity index (χ1) is 16.0. The van der Waals surface area contributed by atoms with Crippen LogP contribution in [0, 0.1) is 0 Å². The fourth-order valence-corrected chi connectivity index (χ4v) is 3.48. The van der Waals surface area contributed by atoms with E-state index >= 15 is 0 Å². The first-order valence-corrected chi connectivity index (χ1v) is 11.1. The molecule has 0 unspecified atom stereocenters. The van der Waals surface area contributed by atoms with Crippen LogP contribution >= 0.6 is 0 Å². The fourth-order valence-electron chi connectivity index (χ4n) is 3.48. The van der Waals surface area contributed by atoms with Crippen LogP contribution in [0.4, 0.5) is 0 Å². The summed E-state index contributed by atoms with van der Waals surface area (Å²) in [6.07, 6.45) is 6.86. The highest BCUT2D eigenvalue weighted by Crippen LogP contribution is 2.22. The van der Waals surface area contributed by atoms with Gasteiger partial charge in [-0.3, -0.25) is 14.4 Å². The Labute approximate surface area is 194 Å². The Hall–Kier alpha value is -3.74. The van der Waals surface area contributed by atoms with Crippen LogP contribution in [0.3, 0.4) is 0 Å². The number of amides is 2. The summed E-state index contributed by atoms with van der Waals surface area (Å²) >= 11 is 0. The second-order valence-electron chi connectivity index (χ2n) is 7.88. The highest BCUT2D eigenvalue weighted by atomic mass is 16.5. The molecule has 0 radical (unpaired) electrons. The van der Waals surface area contributed by atoms with Gasteiger partial charge in [0.15, 0.2) is 0 Å². The highest BCUT2D eigenvalue weighted by Gasteiger charge is 2.23. The van der Waals surface area contributed by atoms with E-state index in [1.807, 2.05) is 66.7 Å². The number of benzene rings is 2. The average Bonchev–Trinajstić information content (AvgIpc) is 2.81. The van der Waals surface area contributed by atoms with Crippen LogP contribution in [0.5, 0.6) is 0 Å². The summed E-state index contributed by atoms with van der Waals surface area (Å²) in [4.78, 5) is 38.1. The molecule has 0 spiro atoms. The van der Waals surface area contributed by atoms with Gasteiger partial charge in [0.2, 0.25) is 11.8 Å². The standard InChI is InChI=1S/C26H29N3O4/c1-20(30)28-27-17-21-13-15-22(16-14-21)18-29-19-24(23-9-5-4-6-10-23)33-26(32)12-8-3-2-7-11-25(29)31/h2-6,9-10,13-17,24H,7-8,11-12,18-19H2,1H3,(H,28,30)/b3-2+,27-17+/t24-/m0/s1. The number of esters is 1. The minimum absolute atomic E-state index is 0.00787. The van der Waals surface area contributed by atoms with Crippen LogP contribution < -0.4 is 5.43 Å². The number of carbonyl (C=O) groups is 3. The highest BCUT2D eigenvalue weighted by molar-refractivity contribution is 5.81. The fraction of sp³-hybridized carbons (Fsp3) is 0.308. The molecule has 33 heavy (non-hydrogen) atoms. The maximum absolute atomic E-state index is 13.1. The second kappa shape index (κ2) is 12.3. The van der Waals surface area contributed by atoms with Gasteiger partial charge in [0.1, 0.15) is 6.10 Å². The number of hydrazone groups is 1. The van der Waals surface area contributed by atoms with Crippen molar-refractivity contribution in [3.8, 4) is 0 Å². The van der Waals surface area contributed by atoms with Crippen molar-refractivity contribution in [1.29, 1.82) is 0 Å². The van der Waals surface area contributed by atoms with E-state index in [0.717, 1.165) is 16.7 Å². The summed E-state index contributed by atoms with van der Waals surface area (Å²) in [7, 11) is 0. The van der Waals surface area contributed by atoms with Crippen LogP contribution in [-0.2, 0) is 25.7 Å². The lowest BCUT2D eigenvalue weighted by atomic mass is 10.1. The number of allylic oxidation sites excluding steroid dienone is 2. The Morgan fingerprint density at radius 1 is 1.06 bits per heavy atom. The van der Waals surface area contributed by atoms with Crippen molar-refractivity contribution in [2.75, 3.05) is 6.54 Å². The van der Waals surface area contributed by atoms with Crippen molar-refractivity contribution in [2.45, 2.75) is 45.3 Å². The molecule has 1 heterocycles. The monoisotopic (exact) mass is 447 g/mol. The van der Waals surface area contributed by atoms with Crippen LogP contribution in [0.25, 0.3) is 0 Å². The molecule has 0 aromatic heterocycles. The van der Waals surface area contributed by atoms with Crippen LogP contribution in [-0.4, -0.2) is 35.4 Å². The second-order valence-corrected chi connectivity index (χ2v) is 7.88. The number of cyclic esters (lactones) is 1. The molecule has 172 valence electrons. The molecule has 1 aliphatic heterocycles. The molecule has 0 aliphatic carbocycles. The van der Waals surface area contributed by atoms with Crippen molar-refractivity contribution in [1.82, 2.24) is 10.3 Å². The van der Waals surface area contributed by atoms with E-state index in [2.05, 4.69) is 10.5 Å².